The summed E-state index contributed by atoms with van der Waals surface area (Å²) in [5.74, 6) is -1.93. The number of carboxylic acids is 1. The van der Waals surface area contributed by atoms with E-state index in [1.807, 2.05) is 42.7 Å². The number of para-hydroxylation sites is 2. The second-order valence-electron chi connectivity index (χ2n) is 9.23. The number of nitrogens with one attached hydrogen (secondary N) is 3. The highest BCUT2D eigenvalue weighted by atomic mass is 16.4. The van der Waals surface area contributed by atoms with Crippen LogP contribution in [0.25, 0.3) is 21.8 Å². The van der Waals surface area contributed by atoms with Gasteiger partial charge in [-0.2, -0.15) is 0 Å². The number of amides is 1. The van der Waals surface area contributed by atoms with Gasteiger partial charge in [-0.3, -0.25) is 14.4 Å². The summed E-state index contributed by atoms with van der Waals surface area (Å²) in [5, 5.41) is 13.5. The van der Waals surface area contributed by atoms with Gasteiger partial charge in [0, 0.05) is 65.0 Å². The minimum atomic E-state index is -1.24. The number of carbonyl (C=O) groups is 2. The van der Waals surface area contributed by atoms with Gasteiger partial charge in [-0.15, -0.1) is 0 Å². The summed E-state index contributed by atoms with van der Waals surface area (Å²) < 4.78 is 9.48. The van der Waals surface area contributed by atoms with Gasteiger partial charge in [-0.05, 0) is 42.6 Å². The van der Waals surface area contributed by atoms with Gasteiger partial charge in [0.15, 0.2) is 16.6 Å². The van der Waals surface area contributed by atoms with Gasteiger partial charge in [-0.25, -0.2) is 4.79 Å². The Hall–Kier alpha value is -5.68. The largest absolute Gasteiger partial charge is 0.475 e. The van der Waals surface area contributed by atoms with E-state index in [1.165, 1.54) is 34.9 Å². The summed E-state index contributed by atoms with van der Waals surface area (Å²) in [6.07, 6.45) is 7.90. The van der Waals surface area contributed by atoms with E-state index >= 15 is 0 Å². The quantitative estimate of drug-likeness (QED) is 0.186. The van der Waals surface area contributed by atoms with Crippen LogP contribution in [0.4, 0.5) is 0 Å². The average molecular weight is 583 g/mol. The smallest absolute Gasteiger partial charge is 0.371 e. The van der Waals surface area contributed by atoms with Crippen molar-refractivity contribution in [3.63, 3.8) is 0 Å². The monoisotopic (exact) mass is 582 g/mol. The van der Waals surface area contributed by atoms with Crippen LogP contribution in [-0.2, 0) is 12.8 Å². The molecule has 0 saturated heterocycles. The number of carbonyl (C=O) groups excluding carboxylic acids is 1. The molecule has 0 spiro atoms. The number of H-pyrrole nitrogens is 2. The second kappa shape index (κ2) is 14.8. The van der Waals surface area contributed by atoms with Crippen LogP contribution >= 0.6 is 0 Å². The Bertz CT molecular complexity index is 1930. The molecule has 4 heterocycles. The van der Waals surface area contributed by atoms with Crippen molar-refractivity contribution in [1.82, 2.24) is 15.3 Å². The zero-order valence-corrected chi connectivity index (χ0v) is 23.0. The summed E-state index contributed by atoms with van der Waals surface area (Å²) in [6.45, 7) is 1.18. The molecule has 11 heteroatoms. The molecule has 1 amide bonds. The summed E-state index contributed by atoms with van der Waals surface area (Å²) in [6, 6.07) is 20.8. The molecule has 0 bridgehead atoms. The Morgan fingerprint density at radius 3 is 1.77 bits per heavy atom. The first-order valence-corrected chi connectivity index (χ1v) is 13.3. The van der Waals surface area contributed by atoms with Crippen LogP contribution in [0.3, 0.4) is 0 Å². The fourth-order valence-corrected chi connectivity index (χ4v) is 4.23. The molecule has 0 fully saturated rings. The molecule has 43 heavy (non-hydrogen) atoms. The molecular formula is C32H30N4O7. The minimum absolute atomic E-state index is 0.0291. The van der Waals surface area contributed by atoms with E-state index in [2.05, 4.69) is 37.9 Å². The first-order chi connectivity index (χ1) is 20.9. The van der Waals surface area contributed by atoms with Crippen LogP contribution in [0.5, 0.6) is 0 Å². The predicted octanol–water partition coefficient (Wildman–Crippen LogP) is 4.10. The van der Waals surface area contributed by atoms with Crippen LogP contribution in [0, 0.1) is 0 Å². The van der Waals surface area contributed by atoms with E-state index in [1.54, 1.807) is 0 Å². The standard InChI is InChI=1S/C16H14N2O3.C10H12N2.C6H4O4/c19-12-6-8-21-15(9-12)16(20)17-7-5-11-10-18-14-4-2-1-3-13(11)14;11-6-5-8-7-12-10-4-2-1-3-9(8)10;7-4-1-2-10-5(3-4)6(8)9/h1-4,6,8-10,18H,5,7H2,(H,17,20);1-4,7,12H,5-6,11H2;1-3H,(H,8,9). The Morgan fingerprint density at radius 2 is 1.26 bits per heavy atom. The third-order valence-corrected chi connectivity index (χ3v) is 6.28. The maximum absolute atomic E-state index is 11.8. The van der Waals surface area contributed by atoms with Gasteiger partial charge < -0.3 is 35.0 Å². The lowest BCUT2D eigenvalue weighted by atomic mass is 10.1. The molecule has 6 N–H and O–H groups in total. The number of rotatable bonds is 7. The summed E-state index contributed by atoms with van der Waals surface area (Å²) >= 11 is 0. The van der Waals surface area contributed by atoms with Crippen molar-refractivity contribution >= 4 is 33.7 Å². The molecular weight excluding hydrogens is 552 g/mol. The summed E-state index contributed by atoms with van der Waals surface area (Å²) in [5.41, 5.74) is 9.60. The van der Waals surface area contributed by atoms with E-state index in [9.17, 15) is 19.2 Å². The van der Waals surface area contributed by atoms with E-state index in [0.29, 0.717) is 19.5 Å². The van der Waals surface area contributed by atoms with Crippen LogP contribution in [-0.4, -0.2) is 40.0 Å². The molecule has 2 aromatic carbocycles. The molecule has 0 atom stereocenters. The number of fused-ring (bicyclic) bond motifs is 2. The zero-order valence-electron chi connectivity index (χ0n) is 23.0. The number of benzene rings is 2. The molecule has 0 aliphatic heterocycles. The van der Waals surface area contributed by atoms with Crippen LogP contribution in [0.2, 0.25) is 0 Å². The van der Waals surface area contributed by atoms with Crippen LogP contribution in [0.15, 0.2) is 116 Å². The minimum Gasteiger partial charge on any atom is -0.475 e. The summed E-state index contributed by atoms with van der Waals surface area (Å²) in [4.78, 5) is 50.0. The maximum Gasteiger partial charge on any atom is 0.371 e. The third-order valence-electron chi connectivity index (χ3n) is 6.28. The van der Waals surface area contributed by atoms with E-state index in [0.717, 1.165) is 41.3 Å². The number of aromatic amines is 2. The first-order valence-electron chi connectivity index (χ1n) is 13.3. The number of aromatic nitrogens is 2. The second-order valence-corrected chi connectivity index (χ2v) is 9.23. The van der Waals surface area contributed by atoms with Crippen molar-refractivity contribution in [2.24, 2.45) is 5.73 Å². The number of carboxylic acid groups (broad SMARTS) is 1. The maximum atomic E-state index is 11.8. The lowest BCUT2D eigenvalue weighted by Crippen LogP contribution is -2.26. The number of nitrogens with two attached hydrogens (primary N) is 1. The van der Waals surface area contributed by atoms with Gasteiger partial charge in [0.05, 0.1) is 12.5 Å². The highest BCUT2D eigenvalue weighted by Crippen LogP contribution is 2.18. The Balaban J connectivity index is 0.000000163. The Labute approximate surface area is 245 Å². The van der Waals surface area contributed by atoms with Gasteiger partial charge in [0.1, 0.15) is 0 Å². The molecule has 6 aromatic rings. The Morgan fingerprint density at radius 1 is 0.744 bits per heavy atom. The fraction of sp³-hybridized carbons (Fsp3) is 0.125. The van der Waals surface area contributed by atoms with Crippen molar-refractivity contribution < 1.29 is 23.5 Å². The number of hydrogen-bond donors (Lipinski definition) is 5. The molecule has 4 aromatic heterocycles. The van der Waals surface area contributed by atoms with Crippen molar-refractivity contribution in [1.29, 1.82) is 0 Å². The highest BCUT2D eigenvalue weighted by molar-refractivity contribution is 5.91. The van der Waals surface area contributed by atoms with E-state index < -0.39 is 5.97 Å². The van der Waals surface area contributed by atoms with Crippen molar-refractivity contribution in [2.45, 2.75) is 12.8 Å². The molecule has 220 valence electrons. The van der Waals surface area contributed by atoms with Gasteiger partial charge in [-0.1, -0.05) is 36.4 Å². The molecule has 0 radical (unpaired) electrons. The van der Waals surface area contributed by atoms with Crippen LogP contribution < -0.4 is 21.9 Å². The normalized spacial score (nSPS) is 10.3. The molecule has 6 rings (SSSR count). The highest BCUT2D eigenvalue weighted by Gasteiger charge is 2.09. The van der Waals surface area contributed by atoms with Crippen molar-refractivity contribution in [3.8, 4) is 0 Å². The van der Waals surface area contributed by atoms with Gasteiger partial charge in [0.2, 0.25) is 5.76 Å². The molecule has 0 unspecified atom stereocenters. The fourth-order valence-electron chi connectivity index (χ4n) is 4.23. The first kappa shape index (κ1) is 30.3. The van der Waals surface area contributed by atoms with Gasteiger partial charge >= 0.3 is 5.97 Å². The van der Waals surface area contributed by atoms with E-state index in [4.69, 9.17) is 15.3 Å². The lowest BCUT2D eigenvalue weighted by molar-refractivity contribution is 0.0659. The predicted molar refractivity (Wildman–Crippen MR) is 162 cm³/mol. The SMILES string of the molecule is NCCc1c[nH]c2ccccc12.O=C(NCCc1c[nH]c2ccccc12)c1cc(=O)cco1.O=C(O)c1cc(=O)cco1. The average Bonchev–Trinajstić information content (AvgIpc) is 3.62. The van der Waals surface area contributed by atoms with Crippen LogP contribution in [0.1, 0.15) is 32.2 Å². The number of aromatic carboxylic acids is 1. The molecule has 11 nitrogen and oxygen atoms in total. The lowest BCUT2D eigenvalue weighted by Gasteiger charge is -2.03. The van der Waals surface area contributed by atoms with Crippen molar-refractivity contribution in [2.75, 3.05) is 13.1 Å². The van der Waals surface area contributed by atoms with Crippen molar-refractivity contribution in [3.05, 3.63) is 141 Å². The zero-order chi connectivity index (χ0) is 30.6. The summed E-state index contributed by atoms with van der Waals surface area (Å²) in [7, 11) is 0. The van der Waals surface area contributed by atoms with E-state index in [-0.39, 0.29) is 28.3 Å². The molecule has 0 aliphatic carbocycles. The Kier molecular flexibility index (Phi) is 10.4. The molecule has 0 aliphatic rings. The third kappa shape index (κ3) is 8.41. The molecule has 0 saturated carbocycles. The van der Waals surface area contributed by atoms with Gasteiger partial charge in [0.25, 0.3) is 5.91 Å². The topological polar surface area (TPSA) is 184 Å². The number of hydrogen-bond acceptors (Lipinski definition) is 7.